The van der Waals surface area contributed by atoms with E-state index in [1.54, 1.807) is 6.92 Å². The maximum Gasteiger partial charge on any atom is 0.423 e. The molecule has 1 aromatic carbocycles. The summed E-state index contributed by atoms with van der Waals surface area (Å²) in [6.07, 6.45) is -6.03. The standard InChI is InChI=1S/C13H13F3N2O4S/c1-2-23(22)6-12(19)10-3-7-4-11(18(20)21)8(13(14,15)16)5-9(7)17-10/h3-5,12,17,19H,2,6H2,1H3. The third kappa shape index (κ3) is 3.70. The van der Waals surface area contributed by atoms with E-state index in [2.05, 4.69) is 4.98 Å². The van der Waals surface area contributed by atoms with Crippen molar-refractivity contribution in [2.45, 2.75) is 19.2 Å². The van der Waals surface area contributed by atoms with Gasteiger partial charge in [0.05, 0.1) is 10.7 Å². The van der Waals surface area contributed by atoms with Crippen molar-refractivity contribution in [3.8, 4) is 0 Å². The van der Waals surface area contributed by atoms with E-state index in [-0.39, 0.29) is 22.3 Å². The highest BCUT2D eigenvalue weighted by molar-refractivity contribution is 7.84. The first-order valence-electron chi connectivity index (χ1n) is 6.54. The number of halogens is 3. The van der Waals surface area contributed by atoms with Crippen LogP contribution in [0, 0.1) is 10.1 Å². The molecule has 0 aliphatic carbocycles. The second kappa shape index (κ2) is 6.28. The Hall–Kier alpha value is -1.94. The largest absolute Gasteiger partial charge is 0.423 e. The summed E-state index contributed by atoms with van der Waals surface area (Å²) < 4.78 is 50.2. The lowest BCUT2D eigenvalue weighted by Gasteiger charge is -2.07. The first-order valence-corrected chi connectivity index (χ1v) is 8.03. The van der Waals surface area contributed by atoms with Crippen LogP contribution in [0.2, 0.25) is 0 Å². The number of aliphatic hydroxyl groups excluding tert-OH is 1. The lowest BCUT2D eigenvalue weighted by atomic mass is 10.1. The molecule has 10 heteroatoms. The molecule has 0 radical (unpaired) electrons. The van der Waals surface area contributed by atoms with Crippen LogP contribution in [-0.4, -0.2) is 30.7 Å². The Bertz CT molecular complexity index is 772. The van der Waals surface area contributed by atoms with Gasteiger partial charge in [0.1, 0.15) is 11.7 Å². The average molecular weight is 350 g/mol. The molecule has 23 heavy (non-hydrogen) atoms. The van der Waals surface area contributed by atoms with Gasteiger partial charge < -0.3 is 10.1 Å². The van der Waals surface area contributed by atoms with Gasteiger partial charge in [0, 0.05) is 39.2 Å². The Balaban J connectivity index is 2.51. The summed E-state index contributed by atoms with van der Waals surface area (Å²) in [5.74, 6) is 0.262. The maximum atomic E-state index is 12.9. The van der Waals surface area contributed by atoms with Crippen molar-refractivity contribution in [1.82, 2.24) is 4.98 Å². The number of aromatic nitrogens is 1. The van der Waals surface area contributed by atoms with Gasteiger partial charge in [-0.05, 0) is 12.1 Å². The summed E-state index contributed by atoms with van der Waals surface area (Å²) in [5, 5.41) is 21.0. The topological polar surface area (TPSA) is 96.2 Å². The van der Waals surface area contributed by atoms with Crippen LogP contribution >= 0.6 is 0 Å². The molecule has 0 aliphatic rings. The second-order valence-corrected chi connectivity index (χ2v) is 6.64. The van der Waals surface area contributed by atoms with Gasteiger partial charge in [-0.25, -0.2) is 0 Å². The number of H-pyrrole nitrogens is 1. The van der Waals surface area contributed by atoms with Crippen molar-refractivity contribution >= 4 is 27.4 Å². The third-order valence-electron chi connectivity index (χ3n) is 3.28. The van der Waals surface area contributed by atoms with Gasteiger partial charge in [-0.3, -0.25) is 14.3 Å². The molecular formula is C13H13F3N2O4S. The maximum absolute atomic E-state index is 12.9. The zero-order valence-corrected chi connectivity index (χ0v) is 12.7. The Morgan fingerprint density at radius 1 is 1.39 bits per heavy atom. The Morgan fingerprint density at radius 3 is 2.57 bits per heavy atom. The molecule has 126 valence electrons. The number of rotatable bonds is 5. The summed E-state index contributed by atoms with van der Waals surface area (Å²) in [4.78, 5) is 12.3. The number of aliphatic hydroxyl groups is 1. The molecule has 1 aromatic heterocycles. The van der Waals surface area contributed by atoms with Gasteiger partial charge in [0.25, 0.3) is 5.69 Å². The number of fused-ring (bicyclic) bond motifs is 1. The van der Waals surface area contributed by atoms with Crippen LogP contribution in [0.5, 0.6) is 0 Å². The SMILES string of the molecule is CCS(=O)CC(O)c1cc2cc([N+](=O)[O-])c(C(F)(F)F)cc2[nH]1. The van der Waals surface area contributed by atoms with Gasteiger partial charge in [-0.15, -0.1) is 0 Å². The molecule has 2 rings (SSSR count). The molecule has 0 saturated carbocycles. The van der Waals surface area contributed by atoms with Crippen LogP contribution in [-0.2, 0) is 17.0 Å². The molecule has 0 saturated heterocycles. The fourth-order valence-corrected chi connectivity index (χ4v) is 2.90. The highest BCUT2D eigenvalue weighted by atomic mass is 32.2. The van der Waals surface area contributed by atoms with E-state index >= 15 is 0 Å². The van der Waals surface area contributed by atoms with E-state index in [9.17, 15) is 32.6 Å². The van der Waals surface area contributed by atoms with E-state index in [0.29, 0.717) is 11.8 Å². The molecule has 6 nitrogen and oxygen atoms in total. The van der Waals surface area contributed by atoms with Gasteiger partial charge in [0.15, 0.2) is 0 Å². The molecule has 2 aromatic rings. The van der Waals surface area contributed by atoms with Crippen molar-refractivity contribution in [1.29, 1.82) is 0 Å². The summed E-state index contributed by atoms with van der Waals surface area (Å²) in [6, 6.07) is 2.77. The van der Waals surface area contributed by atoms with Crippen molar-refractivity contribution < 1.29 is 27.4 Å². The lowest BCUT2D eigenvalue weighted by Crippen LogP contribution is -2.10. The number of nitro benzene ring substituents is 1. The van der Waals surface area contributed by atoms with Crippen molar-refractivity contribution in [2.24, 2.45) is 0 Å². The van der Waals surface area contributed by atoms with Crippen LogP contribution in [0.4, 0.5) is 18.9 Å². The number of hydrogen-bond donors (Lipinski definition) is 2. The third-order valence-corrected chi connectivity index (χ3v) is 4.62. The Morgan fingerprint density at radius 2 is 2.04 bits per heavy atom. The molecule has 0 spiro atoms. The smallest absolute Gasteiger partial charge is 0.386 e. The van der Waals surface area contributed by atoms with Crippen molar-refractivity contribution in [3.05, 3.63) is 39.6 Å². The van der Waals surface area contributed by atoms with Crippen LogP contribution in [0.25, 0.3) is 10.9 Å². The number of nitro groups is 1. The number of nitrogens with zero attached hydrogens (tertiary/aromatic N) is 1. The monoisotopic (exact) mass is 350 g/mol. The number of hydrogen-bond acceptors (Lipinski definition) is 4. The van der Waals surface area contributed by atoms with Gasteiger partial charge >= 0.3 is 6.18 Å². The number of aromatic amines is 1. The quantitative estimate of drug-likeness (QED) is 0.640. The van der Waals surface area contributed by atoms with Gasteiger partial charge in [-0.2, -0.15) is 13.2 Å². The number of nitrogens with one attached hydrogen (secondary N) is 1. The molecule has 1 heterocycles. The summed E-state index contributed by atoms with van der Waals surface area (Å²) in [7, 11) is -1.27. The summed E-state index contributed by atoms with van der Waals surface area (Å²) >= 11 is 0. The molecule has 2 unspecified atom stereocenters. The minimum atomic E-state index is -4.87. The summed E-state index contributed by atoms with van der Waals surface area (Å²) in [6.45, 7) is 1.67. The van der Waals surface area contributed by atoms with E-state index in [0.717, 1.165) is 6.07 Å². The average Bonchev–Trinajstić information content (AvgIpc) is 2.87. The fraction of sp³-hybridized carbons (Fsp3) is 0.385. The van der Waals surface area contributed by atoms with Gasteiger partial charge in [0.2, 0.25) is 0 Å². The Kier molecular flexibility index (Phi) is 4.76. The molecule has 2 atom stereocenters. The highest BCUT2D eigenvalue weighted by Crippen LogP contribution is 2.38. The minimum Gasteiger partial charge on any atom is -0.386 e. The molecule has 0 amide bonds. The predicted molar refractivity (Wildman–Crippen MR) is 78.5 cm³/mol. The van der Waals surface area contributed by atoms with E-state index in [4.69, 9.17) is 0 Å². The number of alkyl halides is 3. The highest BCUT2D eigenvalue weighted by Gasteiger charge is 2.38. The predicted octanol–water partition coefficient (Wildman–Crippen LogP) is 2.90. The fourth-order valence-electron chi connectivity index (χ4n) is 2.13. The van der Waals surface area contributed by atoms with Crippen LogP contribution in [0.15, 0.2) is 18.2 Å². The zero-order chi connectivity index (χ0) is 17.4. The second-order valence-electron chi connectivity index (χ2n) is 4.85. The summed E-state index contributed by atoms with van der Waals surface area (Å²) in [5.41, 5.74) is -2.24. The van der Waals surface area contributed by atoms with Crippen LogP contribution in [0.3, 0.4) is 0 Å². The Labute approximate surface area is 130 Å². The molecular weight excluding hydrogens is 337 g/mol. The first kappa shape index (κ1) is 17.4. The van der Waals surface area contributed by atoms with E-state index in [1.807, 2.05) is 0 Å². The van der Waals surface area contributed by atoms with Crippen LogP contribution in [0.1, 0.15) is 24.3 Å². The van der Waals surface area contributed by atoms with Crippen LogP contribution < -0.4 is 0 Å². The molecule has 0 bridgehead atoms. The number of benzene rings is 1. The molecule has 2 N–H and O–H groups in total. The van der Waals surface area contributed by atoms with E-state index in [1.165, 1.54) is 6.07 Å². The minimum absolute atomic E-state index is 0.0132. The van der Waals surface area contributed by atoms with Crippen molar-refractivity contribution in [3.63, 3.8) is 0 Å². The first-order chi connectivity index (χ1) is 10.6. The zero-order valence-electron chi connectivity index (χ0n) is 11.9. The van der Waals surface area contributed by atoms with E-state index < -0.39 is 39.3 Å². The normalized spacial score (nSPS) is 14.8. The lowest BCUT2D eigenvalue weighted by molar-refractivity contribution is -0.387. The van der Waals surface area contributed by atoms with Crippen molar-refractivity contribution in [2.75, 3.05) is 11.5 Å². The molecule has 0 fully saturated rings. The van der Waals surface area contributed by atoms with Gasteiger partial charge in [-0.1, -0.05) is 6.92 Å². The molecule has 0 aliphatic heterocycles.